The van der Waals surface area contributed by atoms with E-state index in [-0.39, 0.29) is 12.1 Å². The van der Waals surface area contributed by atoms with Gasteiger partial charge in [-0.1, -0.05) is 84.9 Å². The van der Waals surface area contributed by atoms with E-state index in [1.807, 2.05) is 0 Å². The zero-order chi connectivity index (χ0) is 17.2. The van der Waals surface area contributed by atoms with E-state index in [4.69, 9.17) is 0 Å². The third kappa shape index (κ3) is 3.04. The average Bonchev–Trinajstić information content (AvgIpc) is 2.67. The summed E-state index contributed by atoms with van der Waals surface area (Å²) in [5, 5.41) is 9.05. The van der Waals surface area contributed by atoms with Crippen molar-refractivity contribution >= 4 is 21.5 Å². The minimum absolute atomic E-state index is 0.278. The molecule has 2 atom stereocenters. The summed E-state index contributed by atoms with van der Waals surface area (Å²) in [7, 11) is 0. The van der Waals surface area contributed by atoms with E-state index in [1.54, 1.807) is 0 Å². The summed E-state index contributed by atoms with van der Waals surface area (Å²) in [5.41, 5.74) is 2.70. The lowest BCUT2D eigenvalue weighted by Gasteiger charge is -2.23. The monoisotopic (exact) mass is 325 g/mol. The average molecular weight is 325 g/mol. The third-order valence-electron chi connectivity index (χ3n) is 5.08. The maximum Gasteiger partial charge on any atom is 0.0303 e. The molecule has 1 N–H and O–H groups in total. The molecule has 0 heterocycles. The van der Waals surface area contributed by atoms with Crippen LogP contribution in [0, 0.1) is 0 Å². The molecule has 1 nitrogen and oxygen atoms in total. The molecule has 1 heteroatoms. The van der Waals surface area contributed by atoms with Gasteiger partial charge in [0.2, 0.25) is 0 Å². The van der Waals surface area contributed by atoms with Gasteiger partial charge in [-0.2, -0.15) is 0 Å². The molecule has 4 aromatic carbocycles. The molecule has 0 spiro atoms. The van der Waals surface area contributed by atoms with Crippen LogP contribution in [-0.2, 0) is 0 Å². The van der Waals surface area contributed by atoms with Crippen molar-refractivity contribution in [1.29, 1.82) is 0 Å². The zero-order valence-electron chi connectivity index (χ0n) is 14.7. The second kappa shape index (κ2) is 6.70. The van der Waals surface area contributed by atoms with Crippen molar-refractivity contribution in [1.82, 2.24) is 5.32 Å². The van der Waals surface area contributed by atoms with Gasteiger partial charge in [-0.25, -0.2) is 0 Å². The number of rotatable bonds is 4. The summed E-state index contributed by atoms with van der Waals surface area (Å²) in [6.45, 7) is 4.51. The van der Waals surface area contributed by atoms with Crippen LogP contribution < -0.4 is 5.32 Å². The molecule has 4 aromatic rings. The Hall–Kier alpha value is -2.64. The molecule has 0 saturated carbocycles. The van der Waals surface area contributed by atoms with Crippen LogP contribution in [0.15, 0.2) is 84.9 Å². The van der Waals surface area contributed by atoms with Gasteiger partial charge in [0.05, 0.1) is 0 Å². The van der Waals surface area contributed by atoms with Gasteiger partial charge in [0.25, 0.3) is 0 Å². The Balaban J connectivity index is 1.66. The van der Waals surface area contributed by atoms with Gasteiger partial charge in [0, 0.05) is 12.1 Å². The first-order chi connectivity index (χ1) is 12.2. The smallest absolute Gasteiger partial charge is 0.0303 e. The van der Waals surface area contributed by atoms with Crippen molar-refractivity contribution in [2.24, 2.45) is 0 Å². The van der Waals surface area contributed by atoms with E-state index < -0.39 is 0 Å². The molecule has 0 amide bonds. The van der Waals surface area contributed by atoms with Gasteiger partial charge >= 0.3 is 0 Å². The molecule has 0 aromatic heterocycles. The quantitative estimate of drug-likeness (QED) is 0.457. The Morgan fingerprint density at radius 2 is 0.920 bits per heavy atom. The van der Waals surface area contributed by atoms with Gasteiger partial charge in [0.15, 0.2) is 0 Å². The van der Waals surface area contributed by atoms with Gasteiger partial charge in [-0.05, 0) is 46.5 Å². The van der Waals surface area contributed by atoms with E-state index >= 15 is 0 Å². The van der Waals surface area contributed by atoms with Gasteiger partial charge in [0.1, 0.15) is 0 Å². The lowest BCUT2D eigenvalue weighted by Crippen LogP contribution is -2.22. The van der Waals surface area contributed by atoms with E-state index in [0.717, 1.165) is 0 Å². The topological polar surface area (TPSA) is 12.0 Å². The standard InChI is InChI=1S/C24H23N/c1-17(21-15-7-11-19-9-3-5-13-23(19)21)25-18(2)22-16-8-12-20-10-4-6-14-24(20)22/h3-18,25H,1-2H3/t17-,18-/m1/s1. The number of benzene rings is 4. The van der Waals surface area contributed by atoms with Crippen molar-refractivity contribution in [3.05, 3.63) is 96.1 Å². The van der Waals surface area contributed by atoms with Crippen LogP contribution >= 0.6 is 0 Å². The fraction of sp³-hybridized carbons (Fsp3) is 0.167. The highest BCUT2D eigenvalue weighted by Gasteiger charge is 2.14. The first-order valence-electron chi connectivity index (χ1n) is 8.95. The van der Waals surface area contributed by atoms with Crippen molar-refractivity contribution in [2.45, 2.75) is 25.9 Å². The first kappa shape index (κ1) is 15.9. The summed E-state index contributed by atoms with van der Waals surface area (Å²) >= 11 is 0. The highest BCUT2D eigenvalue weighted by molar-refractivity contribution is 5.87. The third-order valence-corrected chi connectivity index (χ3v) is 5.08. The Morgan fingerprint density at radius 1 is 0.520 bits per heavy atom. The van der Waals surface area contributed by atoms with Crippen LogP contribution in [0.5, 0.6) is 0 Å². The summed E-state index contributed by atoms with van der Waals surface area (Å²) in [6, 6.07) is 30.9. The molecule has 0 aliphatic heterocycles. The molecule has 0 aliphatic carbocycles. The predicted octanol–water partition coefficient (Wildman–Crippen LogP) is 6.40. The van der Waals surface area contributed by atoms with E-state index in [1.165, 1.54) is 32.7 Å². The highest BCUT2D eigenvalue weighted by atomic mass is 14.9. The number of nitrogens with one attached hydrogen (secondary N) is 1. The number of hydrogen-bond donors (Lipinski definition) is 1. The largest absolute Gasteiger partial charge is 0.304 e. The van der Waals surface area contributed by atoms with Crippen molar-refractivity contribution in [3.8, 4) is 0 Å². The molecule has 25 heavy (non-hydrogen) atoms. The fourth-order valence-corrected chi connectivity index (χ4v) is 3.81. The summed E-state index contributed by atoms with van der Waals surface area (Å²) in [4.78, 5) is 0. The molecule has 0 unspecified atom stereocenters. The lowest BCUT2D eigenvalue weighted by atomic mass is 9.96. The lowest BCUT2D eigenvalue weighted by molar-refractivity contribution is 0.499. The molecule has 0 bridgehead atoms. The van der Waals surface area contributed by atoms with Gasteiger partial charge < -0.3 is 5.32 Å². The van der Waals surface area contributed by atoms with Gasteiger partial charge in [-0.3, -0.25) is 0 Å². The summed E-state index contributed by atoms with van der Waals surface area (Å²) < 4.78 is 0. The van der Waals surface area contributed by atoms with Crippen molar-refractivity contribution < 1.29 is 0 Å². The van der Waals surface area contributed by atoms with E-state index in [2.05, 4.69) is 104 Å². The predicted molar refractivity (Wildman–Crippen MR) is 108 cm³/mol. The summed E-state index contributed by atoms with van der Waals surface area (Å²) in [6.07, 6.45) is 0. The highest BCUT2D eigenvalue weighted by Crippen LogP contribution is 2.29. The normalized spacial score (nSPS) is 13.8. The minimum Gasteiger partial charge on any atom is -0.304 e. The van der Waals surface area contributed by atoms with Crippen LogP contribution in [0.2, 0.25) is 0 Å². The maximum absolute atomic E-state index is 3.80. The maximum atomic E-state index is 3.80. The van der Waals surface area contributed by atoms with Crippen LogP contribution in [0.4, 0.5) is 0 Å². The molecule has 0 aliphatic rings. The van der Waals surface area contributed by atoms with Crippen LogP contribution in [0.1, 0.15) is 37.1 Å². The van der Waals surface area contributed by atoms with Crippen LogP contribution in [-0.4, -0.2) is 0 Å². The van der Waals surface area contributed by atoms with Crippen molar-refractivity contribution in [3.63, 3.8) is 0 Å². The molecule has 124 valence electrons. The van der Waals surface area contributed by atoms with Gasteiger partial charge in [-0.15, -0.1) is 0 Å². The summed E-state index contributed by atoms with van der Waals surface area (Å²) in [5.74, 6) is 0. The minimum atomic E-state index is 0.278. The number of fused-ring (bicyclic) bond motifs is 2. The Morgan fingerprint density at radius 3 is 1.40 bits per heavy atom. The number of hydrogen-bond acceptors (Lipinski definition) is 1. The molecular weight excluding hydrogens is 302 g/mol. The Labute approximate surface area is 149 Å². The second-order valence-electron chi connectivity index (χ2n) is 6.75. The Kier molecular flexibility index (Phi) is 4.25. The van der Waals surface area contributed by atoms with E-state index in [9.17, 15) is 0 Å². The molecule has 0 radical (unpaired) electrons. The molecule has 4 rings (SSSR count). The van der Waals surface area contributed by atoms with Crippen LogP contribution in [0.25, 0.3) is 21.5 Å². The van der Waals surface area contributed by atoms with Crippen LogP contribution in [0.3, 0.4) is 0 Å². The SMILES string of the molecule is C[C@@H](N[C@H](C)c1cccc2ccccc12)c1cccc2ccccc12. The fourth-order valence-electron chi connectivity index (χ4n) is 3.81. The second-order valence-corrected chi connectivity index (χ2v) is 6.75. The van der Waals surface area contributed by atoms with Crippen molar-refractivity contribution in [2.75, 3.05) is 0 Å². The molecule has 0 saturated heterocycles. The first-order valence-corrected chi connectivity index (χ1v) is 8.95. The van der Waals surface area contributed by atoms with E-state index in [0.29, 0.717) is 0 Å². The Bertz CT molecular complexity index is 925. The molecular formula is C24H23N. The zero-order valence-corrected chi connectivity index (χ0v) is 14.7. The molecule has 0 fully saturated rings.